The van der Waals surface area contributed by atoms with Crippen molar-refractivity contribution in [2.24, 2.45) is 5.92 Å². The van der Waals surface area contributed by atoms with Crippen molar-refractivity contribution in [3.8, 4) is 0 Å². The van der Waals surface area contributed by atoms with Crippen LogP contribution in [-0.2, 0) is 0 Å². The van der Waals surface area contributed by atoms with Crippen molar-refractivity contribution in [1.82, 2.24) is 10.2 Å². The molecule has 0 spiro atoms. The van der Waals surface area contributed by atoms with Gasteiger partial charge in [-0.15, -0.1) is 0 Å². The quantitative estimate of drug-likeness (QED) is 0.600. The number of hydrogen-bond donors (Lipinski definition) is 2. The molecule has 0 rings (SSSR count). The topological polar surface area (TPSA) is 35.5 Å². The highest BCUT2D eigenvalue weighted by Gasteiger charge is 2.10. The van der Waals surface area contributed by atoms with E-state index in [-0.39, 0.29) is 12.6 Å². The summed E-state index contributed by atoms with van der Waals surface area (Å²) in [5.41, 5.74) is 0. The normalized spacial score (nSPS) is 13.7. The van der Waals surface area contributed by atoms with Gasteiger partial charge in [0.2, 0.25) is 0 Å². The van der Waals surface area contributed by atoms with Gasteiger partial charge in [-0.25, -0.2) is 0 Å². The lowest BCUT2D eigenvalue weighted by Gasteiger charge is -2.25. The molecule has 0 aromatic rings. The molecule has 1 unspecified atom stereocenters. The smallest absolute Gasteiger partial charge is 0.0585 e. The number of nitrogens with zero attached hydrogens (tertiary/aromatic N) is 1. The number of aliphatic hydroxyl groups is 1. The highest BCUT2D eigenvalue weighted by atomic mass is 16.3. The van der Waals surface area contributed by atoms with Gasteiger partial charge < -0.3 is 15.3 Å². The molecule has 3 nitrogen and oxygen atoms in total. The summed E-state index contributed by atoms with van der Waals surface area (Å²) < 4.78 is 0. The highest BCUT2D eigenvalue weighted by Crippen LogP contribution is 2.01. The lowest BCUT2D eigenvalue weighted by Crippen LogP contribution is -2.38. The zero-order valence-corrected chi connectivity index (χ0v) is 11.5. The van der Waals surface area contributed by atoms with Crippen LogP contribution in [0.5, 0.6) is 0 Å². The minimum Gasteiger partial charge on any atom is -0.395 e. The van der Waals surface area contributed by atoms with Crippen molar-refractivity contribution < 1.29 is 5.11 Å². The van der Waals surface area contributed by atoms with Gasteiger partial charge in [-0.3, -0.25) is 0 Å². The van der Waals surface area contributed by atoms with Gasteiger partial charge in [-0.2, -0.15) is 0 Å². The lowest BCUT2D eigenvalue weighted by molar-refractivity contribution is 0.200. The van der Waals surface area contributed by atoms with Crippen LogP contribution in [0.1, 0.15) is 40.5 Å². The second kappa shape index (κ2) is 10.1. The van der Waals surface area contributed by atoms with Crippen LogP contribution in [0.25, 0.3) is 0 Å². The number of rotatable bonds is 10. The zero-order chi connectivity index (χ0) is 12.4. The van der Waals surface area contributed by atoms with Crippen molar-refractivity contribution in [2.75, 3.05) is 32.8 Å². The summed E-state index contributed by atoms with van der Waals surface area (Å²) >= 11 is 0. The van der Waals surface area contributed by atoms with E-state index in [0.717, 1.165) is 44.9 Å². The van der Waals surface area contributed by atoms with E-state index in [9.17, 15) is 5.11 Å². The Bertz CT molecular complexity index is 151. The van der Waals surface area contributed by atoms with Gasteiger partial charge in [0, 0.05) is 12.6 Å². The Balaban J connectivity index is 3.78. The molecule has 0 amide bonds. The van der Waals surface area contributed by atoms with E-state index in [1.165, 1.54) is 0 Å². The van der Waals surface area contributed by atoms with E-state index >= 15 is 0 Å². The maximum atomic E-state index is 9.24. The Morgan fingerprint density at radius 1 is 1.25 bits per heavy atom. The molecular formula is C13H30N2O. The molecular weight excluding hydrogens is 200 g/mol. The number of nitrogens with one attached hydrogen (secondary N) is 1. The van der Waals surface area contributed by atoms with Gasteiger partial charge in [-0.05, 0) is 38.4 Å². The first-order chi connectivity index (χ1) is 7.63. The summed E-state index contributed by atoms with van der Waals surface area (Å²) in [6, 6.07) is 0.265. The number of aliphatic hydroxyl groups excluding tert-OH is 1. The van der Waals surface area contributed by atoms with Crippen LogP contribution < -0.4 is 5.32 Å². The molecule has 0 aromatic carbocycles. The van der Waals surface area contributed by atoms with Crippen LogP contribution >= 0.6 is 0 Å². The average molecular weight is 230 g/mol. The van der Waals surface area contributed by atoms with Crippen LogP contribution in [0.15, 0.2) is 0 Å². The largest absolute Gasteiger partial charge is 0.395 e. The molecule has 0 saturated carbocycles. The molecule has 0 saturated heterocycles. The molecule has 3 heteroatoms. The molecule has 0 aromatic heterocycles. The third-order valence-electron chi connectivity index (χ3n) is 2.77. The van der Waals surface area contributed by atoms with E-state index in [2.05, 4.69) is 37.9 Å². The summed E-state index contributed by atoms with van der Waals surface area (Å²) in [5.74, 6) is 0.719. The van der Waals surface area contributed by atoms with Crippen LogP contribution in [-0.4, -0.2) is 48.8 Å². The molecule has 0 bridgehead atoms. The summed E-state index contributed by atoms with van der Waals surface area (Å²) in [4.78, 5) is 2.46. The molecule has 2 N–H and O–H groups in total. The van der Waals surface area contributed by atoms with Gasteiger partial charge in [0.25, 0.3) is 0 Å². The minimum absolute atomic E-state index is 0.249. The van der Waals surface area contributed by atoms with Gasteiger partial charge in [0.15, 0.2) is 0 Å². The van der Waals surface area contributed by atoms with Crippen LogP contribution in [0.3, 0.4) is 0 Å². The van der Waals surface area contributed by atoms with E-state index in [4.69, 9.17) is 0 Å². The van der Waals surface area contributed by atoms with E-state index < -0.39 is 0 Å². The Morgan fingerprint density at radius 3 is 2.38 bits per heavy atom. The zero-order valence-electron chi connectivity index (χ0n) is 11.5. The fourth-order valence-corrected chi connectivity index (χ4v) is 1.84. The van der Waals surface area contributed by atoms with Gasteiger partial charge in [0.1, 0.15) is 0 Å². The summed E-state index contributed by atoms with van der Waals surface area (Å²) in [6.07, 6.45) is 2.16. The second-order valence-electron chi connectivity index (χ2n) is 4.91. The molecule has 0 radical (unpaired) electrons. The Kier molecular flexibility index (Phi) is 9.99. The predicted molar refractivity (Wildman–Crippen MR) is 70.7 cm³/mol. The third-order valence-corrected chi connectivity index (χ3v) is 2.77. The standard InChI is InChI=1S/C13H30N2O/c1-5-8-14-13(11-16)7-9-15(6-2)10-12(3)4/h12-14,16H,5-11H2,1-4H3. The van der Waals surface area contributed by atoms with E-state index in [1.54, 1.807) is 0 Å². The van der Waals surface area contributed by atoms with E-state index in [1.807, 2.05) is 0 Å². The Hall–Kier alpha value is -0.120. The molecule has 0 aliphatic carbocycles. The third kappa shape index (κ3) is 8.08. The lowest BCUT2D eigenvalue weighted by atomic mass is 10.1. The Morgan fingerprint density at radius 2 is 1.94 bits per heavy atom. The second-order valence-corrected chi connectivity index (χ2v) is 4.91. The van der Waals surface area contributed by atoms with Gasteiger partial charge >= 0.3 is 0 Å². The van der Waals surface area contributed by atoms with Crippen molar-refractivity contribution in [3.05, 3.63) is 0 Å². The fourth-order valence-electron chi connectivity index (χ4n) is 1.84. The van der Waals surface area contributed by atoms with Gasteiger partial charge in [0.05, 0.1) is 6.61 Å². The molecule has 0 aliphatic heterocycles. The molecule has 0 fully saturated rings. The van der Waals surface area contributed by atoms with Crippen LogP contribution in [0.4, 0.5) is 0 Å². The maximum Gasteiger partial charge on any atom is 0.0585 e. The van der Waals surface area contributed by atoms with E-state index in [0.29, 0.717) is 0 Å². The van der Waals surface area contributed by atoms with Crippen molar-refractivity contribution >= 4 is 0 Å². The van der Waals surface area contributed by atoms with Crippen LogP contribution in [0, 0.1) is 5.92 Å². The fraction of sp³-hybridized carbons (Fsp3) is 1.00. The summed E-state index contributed by atoms with van der Waals surface area (Å²) in [5, 5.41) is 12.6. The predicted octanol–water partition coefficient (Wildman–Crippen LogP) is 1.71. The summed E-state index contributed by atoms with van der Waals surface area (Å²) in [6.45, 7) is 13.4. The van der Waals surface area contributed by atoms with Crippen LogP contribution in [0.2, 0.25) is 0 Å². The monoisotopic (exact) mass is 230 g/mol. The first-order valence-electron chi connectivity index (χ1n) is 6.70. The van der Waals surface area contributed by atoms with Gasteiger partial charge in [-0.1, -0.05) is 27.7 Å². The molecule has 1 atom stereocenters. The SMILES string of the molecule is CCCNC(CO)CCN(CC)CC(C)C. The van der Waals surface area contributed by atoms with Crippen molar-refractivity contribution in [2.45, 2.75) is 46.6 Å². The van der Waals surface area contributed by atoms with Crippen molar-refractivity contribution in [3.63, 3.8) is 0 Å². The summed E-state index contributed by atoms with van der Waals surface area (Å²) in [7, 11) is 0. The molecule has 0 heterocycles. The number of hydrogen-bond acceptors (Lipinski definition) is 3. The molecule has 98 valence electrons. The first-order valence-corrected chi connectivity index (χ1v) is 6.70. The molecule has 16 heavy (non-hydrogen) atoms. The maximum absolute atomic E-state index is 9.24. The average Bonchev–Trinajstić information content (AvgIpc) is 2.27. The first kappa shape index (κ1) is 15.9. The van der Waals surface area contributed by atoms with Crippen molar-refractivity contribution in [1.29, 1.82) is 0 Å². The minimum atomic E-state index is 0.249. The highest BCUT2D eigenvalue weighted by molar-refractivity contribution is 4.68. The molecule has 0 aliphatic rings. The Labute approximate surface area is 101 Å².